The summed E-state index contributed by atoms with van der Waals surface area (Å²) < 4.78 is 9.90. The van der Waals surface area contributed by atoms with E-state index in [9.17, 15) is 0 Å². The Morgan fingerprint density at radius 1 is 1.33 bits per heavy atom. The standard InChI is InChI=1S/C12H15N3OS2/c1-8-4-3-5-9(2)10(8)16-6-7-17-12-14-11(13)18-15-12/h3-5H,6-7H2,1-2H3,(H2,13,14,15). The topological polar surface area (TPSA) is 61.0 Å². The first-order chi connectivity index (χ1) is 8.66. The molecule has 0 aliphatic heterocycles. The summed E-state index contributed by atoms with van der Waals surface area (Å²) in [6.07, 6.45) is 0. The van der Waals surface area contributed by atoms with Gasteiger partial charge in [-0.2, -0.15) is 9.36 Å². The van der Waals surface area contributed by atoms with E-state index in [1.54, 1.807) is 11.8 Å². The number of nitrogens with two attached hydrogens (primary N) is 1. The molecule has 0 amide bonds. The Balaban J connectivity index is 1.82. The van der Waals surface area contributed by atoms with Crippen LogP contribution in [0, 0.1) is 13.8 Å². The molecule has 0 aliphatic rings. The summed E-state index contributed by atoms with van der Waals surface area (Å²) in [7, 11) is 0. The normalized spacial score (nSPS) is 10.6. The Kier molecular flexibility index (Phi) is 4.43. The van der Waals surface area contributed by atoms with Gasteiger partial charge in [0, 0.05) is 17.3 Å². The third kappa shape index (κ3) is 3.36. The highest BCUT2D eigenvalue weighted by Gasteiger charge is 2.04. The Hall–Kier alpha value is -1.27. The van der Waals surface area contributed by atoms with Gasteiger partial charge in [0.15, 0.2) is 0 Å². The summed E-state index contributed by atoms with van der Waals surface area (Å²) in [6.45, 7) is 4.74. The van der Waals surface area contributed by atoms with Crippen LogP contribution in [0.5, 0.6) is 5.75 Å². The second-order valence-corrected chi connectivity index (χ2v) is 5.68. The van der Waals surface area contributed by atoms with Gasteiger partial charge in [-0.3, -0.25) is 0 Å². The number of aryl methyl sites for hydroxylation is 2. The summed E-state index contributed by atoms with van der Waals surface area (Å²) in [5, 5.41) is 1.23. The number of anilines is 1. The highest BCUT2D eigenvalue weighted by molar-refractivity contribution is 7.99. The predicted octanol–water partition coefficient (Wildman–Crippen LogP) is 2.91. The lowest BCUT2D eigenvalue weighted by atomic mass is 10.1. The van der Waals surface area contributed by atoms with Crippen LogP contribution in [-0.2, 0) is 0 Å². The second-order valence-electron chi connectivity index (χ2n) is 3.83. The lowest BCUT2D eigenvalue weighted by Gasteiger charge is -2.10. The molecule has 0 spiro atoms. The van der Waals surface area contributed by atoms with E-state index in [-0.39, 0.29) is 0 Å². The zero-order valence-corrected chi connectivity index (χ0v) is 12.0. The molecule has 0 radical (unpaired) electrons. The van der Waals surface area contributed by atoms with Crippen molar-refractivity contribution in [3.63, 3.8) is 0 Å². The minimum Gasteiger partial charge on any atom is -0.492 e. The number of hydrogen-bond acceptors (Lipinski definition) is 6. The molecule has 96 valence electrons. The van der Waals surface area contributed by atoms with Crippen LogP contribution in [0.2, 0.25) is 0 Å². The fraction of sp³-hybridized carbons (Fsp3) is 0.333. The largest absolute Gasteiger partial charge is 0.492 e. The van der Waals surface area contributed by atoms with Crippen molar-refractivity contribution in [3.05, 3.63) is 29.3 Å². The first kappa shape index (κ1) is 13.2. The van der Waals surface area contributed by atoms with Crippen molar-refractivity contribution in [3.8, 4) is 5.75 Å². The molecule has 0 saturated heterocycles. The predicted molar refractivity (Wildman–Crippen MR) is 76.5 cm³/mol. The average Bonchev–Trinajstić information content (AvgIpc) is 2.73. The molecule has 0 atom stereocenters. The van der Waals surface area contributed by atoms with Crippen molar-refractivity contribution < 1.29 is 4.74 Å². The van der Waals surface area contributed by atoms with E-state index in [1.807, 2.05) is 6.07 Å². The van der Waals surface area contributed by atoms with Crippen LogP contribution in [-0.4, -0.2) is 21.7 Å². The van der Waals surface area contributed by atoms with E-state index in [2.05, 4.69) is 35.3 Å². The number of nitrogens with zero attached hydrogens (tertiary/aromatic N) is 2. The number of para-hydroxylation sites is 1. The molecule has 1 aromatic carbocycles. The van der Waals surface area contributed by atoms with Crippen molar-refractivity contribution >= 4 is 28.4 Å². The van der Waals surface area contributed by atoms with Crippen molar-refractivity contribution in [1.29, 1.82) is 0 Å². The molecule has 2 aromatic rings. The van der Waals surface area contributed by atoms with Gasteiger partial charge < -0.3 is 10.5 Å². The van der Waals surface area contributed by atoms with E-state index >= 15 is 0 Å². The minimum absolute atomic E-state index is 0.508. The number of hydrogen-bond donors (Lipinski definition) is 1. The van der Waals surface area contributed by atoms with Crippen molar-refractivity contribution in [2.75, 3.05) is 18.1 Å². The molecule has 0 fully saturated rings. The lowest BCUT2D eigenvalue weighted by molar-refractivity contribution is 0.339. The van der Waals surface area contributed by atoms with Crippen molar-refractivity contribution in [2.45, 2.75) is 19.0 Å². The molecule has 0 aliphatic carbocycles. The van der Waals surface area contributed by atoms with Gasteiger partial charge >= 0.3 is 0 Å². The van der Waals surface area contributed by atoms with Crippen molar-refractivity contribution in [2.24, 2.45) is 0 Å². The second kappa shape index (κ2) is 6.06. The molecular formula is C12H15N3OS2. The Bertz CT molecular complexity index is 508. The Morgan fingerprint density at radius 3 is 2.67 bits per heavy atom. The van der Waals surface area contributed by atoms with Crippen LogP contribution in [0.3, 0.4) is 0 Å². The van der Waals surface area contributed by atoms with Gasteiger partial charge in [-0.05, 0) is 25.0 Å². The first-order valence-corrected chi connectivity index (χ1v) is 7.33. The fourth-order valence-electron chi connectivity index (χ4n) is 1.58. The Morgan fingerprint density at radius 2 is 2.06 bits per heavy atom. The van der Waals surface area contributed by atoms with Gasteiger partial charge in [0.2, 0.25) is 10.3 Å². The zero-order chi connectivity index (χ0) is 13.0. The number of benzene rings is 1. The minimum atomic E-state index is 0.508. The first-order valence-electron chi connectivity index (χ1n) is 5.58. The molecular weight excluding hydrogens is 266 g/mol. The van der Waals surface area contributed by atoms with Gasteiger partial charge in [-0.15, -0.1) is 0 Å². The molecule has 6 heteroatoms. The van der Waals surface area contributed by atoms with E-state index in [1.165, 1.54) is 11.5 Å². The van der Waals surface area contributed by atoms with E-state index in [0.29, 0.717) is 11.7 Å². The number of aromatic nitrogens is 2. The van der Waals surface area contributed by atoms with E-state index in [4.69, 9.17) is 10.5 Å². The summed E-state index contributed by atoms with van der Waals surface area (Å²) in [4.78, 5) is 4.08. The molecule has 1 heterocycles. The average molecular weight is 281 g/mol. The van der Waals surface area contributed by atoms with Gasteiger partial charge in [0.1, 0.15) is 5.75 Å². The van der Waals surface area contributed by atoms with Crippen LogP contribution in [0.1, 0.15) is 11.1 Å². The third-order valence-corrected chi connectivity index (χ3v) is 3.86. The quantitative estimate of drug-likeness (QED) is 0.674. The maximum atomic E-state index is 5.79. The monoisotopic (exact) mass is 281 g/mol. The number of nitrogen functional groups attached to an aromatic ring is 1. The van der Waals surface area contributed by atoms with Crippen LogP contribution in [0.4, 0.5) is 5.13 Å². The fourth-order valence-corrected chi connectivity index (χ4v) is 2.82. The molecule has 2 rings (SSSR count). The maximum absolute atomic E-state index is 5.79. The smallest absolute Gasteiger partial charge is 0.202 e. The van der Waals surface area contributed by atoms with E-state index in [0.717, 1.165) is 27.8 Å². The van der Waals surface area contributed by atoms with Gasteiger partial charge in [-0.1, -0.05) is 30.0 Å². The molecule has 4 nitrogen and oxygen atoms in total. The highest BCUT2D eigenvalue weighted by atomic mass is 32.2. The highest BCUT2D eigenvalue weighted by Crippen LogP contribution is 2.23. The molecule has 0 bridgehead atoms. The van der Waals surface area contributed by atoms with Crippen LogP contribution in [0.25, 0.3) is 0 Å². The Labute approximate surface area is 115 Å². The number of ether oxygens (including phenoxy) is 1. The summed E-state index contributed by atoms with van der Waals surface area (Å²) >= 11 is 2.77. The third-order valence-electron chi connectivity index (χ3n) is 2.39. The zero-order valence-electron chi connectivity index (χ0n) is 10.3. The van der Waals surface area contributed by atoms with Crippen LogP contribution < -0.4 is 10.5 Å². The van der Waals surface area contributed by atoms with Gasteiger partial charge in [0.25, 0.3) is 0 Å². The van der Waals surface area contributed by atoms with Crippen LogP contribution in [0.15, 0.2) is 23.4 Å². The van der Waals surface area contributed by atoms with Gasteiger partial charge in [0.05, 0.1) is 6.61 Å². The molecule has 0 unspecified atom stereocenters. The van der Waals surface area contributed by atoms with Crippen LogP contribution >= 0.6 is 23.3 Å². The molecule has 2 N–H and O–H groups in total. The number of thioether (sulfide) groups is 1. The van der Waals surface area contributed by atoms with E-state index < -0.39 is 0 Å². The molecule has 0 saturated carbocycles. The maximum Gasteiger partial charge on any atom is 0.202 e. The molecule has 1 aromatic heterocycles. The number of rotatable bonds is 5. The SMILES string of the molecule is Cc1cccc(C)c1OCCSc1nsc(N)n1. The van der Waals surface area contributed by atoms with Gasteiger partial charge in [-0.25, -0.2) is 0 Å². The lowest BCUT2D eigenvalue weighted by Crippen LogP contribution is -2.03. The summed E-state index contributed by atoms with van der Waals surface area (Å²) in [6, 6.07) is 6.14. The summed E-state index contributed by atoms with van der Waals surface area (Å²) in [5.41, 5.74) is 7.84. The van der Waals surface area contributed by atoms with Crippen molar-refractivity contribution in [1.82, 2.24) is 9.36 Å². The molecule has 18 heavy (non-hydrogen) atoms. The summed E-state index contributed by atoms with van der Waals surface area (Å²) in [5.74, 6) is 1.79.